The fraction of sp³-hybridized carbons (Fsp3) is 0.963. The zero-order valence-corrected chi connectivity index (χ0v) is 23.1. The van der Waals surface area contributed by atoms with E-state index in [9.17, 15) is 4.79 Å². The number of alkyl halides is 2. The predicted molar refractivity (Wildman–Crippen MR) is 134 cm³/mol. The van der Waals surface area contributed by atoms with Crippen molar-refractivity contribution in [2.24, 2.45) is 52.3 Å². The third-order valence-corrected chi connectivity index (χ3v) is 12.6. The molecule has 0 bridgehead atoms. The third kappa shape index (κ3) is 3.82. The van der Waals surface area contributed by atoms with Crippen LogP contribution in [0.4, 0.5) is 0 Å². The summed E-state index contributed by atoms with van der Waals surface area (Å²) in [5.41, 5.74) is 0.884. The first-order valence-corrected chi connectivity index (χ1v) is 14.7. The molecular weight excluding hydrogens is 500 g/mol. The second-order valence-electron chi connectivity index (χ2n) is 12.6. The average molecular weight is 544 g/mol. The molecule has 1 nitrogen and oxygen atoms in total. The van der Waals surface area contributed by atoms with Crippen molar-refractivity contribution >= 4 is 37.6 Å². The van der Waals surface area contributed by atoms with E-state index in [1.165, 1.54) is 57.8 Å². The number of hydrogen-bond donors (Lipinski definition) is 0. The molecule has 0 aromatic heterocycles. The van der Waals surface area contributed by atoms with Crippen LogP contribution in [0.3, 0.4) is 0 Å². The van der Waals surface area contributed by atoms with Crippen molar-refractivity contribution in [1.82, 2.24) is 0 Å². The van der Waals surface area contributed by atoms with Gasteiger partial charge in [-0.1, -0.05) is 85.7 Å². The van der Waals surface area contributed by atoms with Gasteiger partial charge in [-0.05, 0) is 97.2 Å². The van der Waals surface area contributed by atoms with Crippen LogP contribution in [0.1, 0.15) is 98.8 Å². The summed E-state index contributed by atoms with van der Waals surface area (Å²) in [6, 6.07) is 0. The van der Waals surface area contributed by atoms with Crippen LogP contribution < -0.4 is 0 Å². The van der Waals surface area contributed by atoms with E-state index in [1.54, 1.807) is 0 Å². The Morgan fingerprint density at radius 1 is 0.900 bits per heavy atom. The molecule has 0 aromatic carbocycles. The lowest BCUT2D eigenvalue weighted by Gasteiger charge is -2.61. The Morgan fingerprint density at radius 2 is 1.57 bits per heavy atom. The maximum absolute atomic E-state index is 12.7. The number of halogens is 2. The summed E-state index contributed by atoms with van der Waals surface area (Å²) in [5, 5.41) is 0. The lowest BCUT2D eigenvalue weighted by molar-refractivity contribution is -0.137. The van der Waals surface area contributed by atoms with Gasteiger partial charge in [0.1, 0.15) is 0 Å². The highest BCUT2D eigenvalue weighted by Crippen LogP contribution is 2.68. The zero-order chi connectivity index (χ0) is 21.8. The molecule has 4 fully saturated rings. The fourth-order valence-corrected chi connectivity index (χ4v) is 11.7. The monoisotopic (exact) mass is 542 g/mol. The summed E-state index contributed by atoms with van der Waals surface area (Å²) < 4.78 is 0. The Morgan fingerprint density at radius 3 is 2.27 bits per heavy atom. The van der Waals surface area contributed by atoms with Crippen molar-refractivity contribution < 1.29 is 4.79 Å². The van der Waals surface area contributed by atoms with Crippen LogP contribution in [0.25, 0.3) is 0 Å². The van der Waals surface area contributed by atoms with Gasteiger partial charge in [-0.3, -0.25) is 4.79 Å². The summed E-state index contributed by atoms with van der Waals surface area (Å²) in [6.07, 6.45) is 13.6. The van der Waals surface area contributed by atoms with Gasteiger partial charge in [0.05, 0.1) is 9.65 Å². The summed E-state index contributed by atoms with van der Waals surface area (Å²) in [4.78, 5) is 12.8. The van der Waals surface area contributed by atoms with Crippen molar-refractivity contribution in [2.45, 2.75) is 108 Å². The summed E-state index contributed by atoms with van der Waals surface area (Å²) in [5.74, 6) is 6.23. The molecule has 0 aromatic rings. The SMILES string of the molecule is CC(C)CCC[C@@H](C)[C@@H]1CC[C@@H]2[C@@H]3CC[C@H]4[C@H](Br)C(=O)[C@H](Br)C[C@]4(C)[C@H]3CC[C@]21C. The fourth-order valence-electron chi connectivity index (χ4n) is 9.15. The van der Waals surface area contributed by atoms with Crippen LogP contribution in [0.5, 0.6) is 0 Å². The van der Waals surface area contributed by atoms with Gasteiger partial charge in [0.2, 0.25) is 0 Å². The molecule has 0 N–H and O–H groups in total. The zero-order valence-electron chi connectivity index (χ0n) is 19.9. The molecule has 0 spiro atoms. The van der Waals surface area contributed by atoms with Gasteiger partial charge < -0.3 is 0 Å². The lowest BCUT2D eigenvalue weighted by atomic mass is 9.44. The van der Waals surface area contributed by atoms with Crippen molar-refractivity contribution in [1.29, 1.82) is 0 Å². The van der Waals surface area contributed by atoms with Crippen LogP contribution in [0, 0.1) is 52.3 Å². The maximum Gasteiger partial charge on any atom is 0.160 e. The Hall–Kier alpha value is 0.630. The van der Waals surface area contributed by atoms with E-state index in [1.807, 2.05) is 0 Å². The minimum atomic E-state index is 0.0486. The van der Waals surface area contributed by atoms with E-state index < -0.39 is 0 Å². The van der Waals surface area contributed by atoms with E-state index in [0.29, 0.717) is 22.5 Å². The molecule has 0 heterocycles. The van der Waals surface area contributed by atoms with Gasteiger partial charge in [-0.2, -0.15) is 0 Å². The topological polar surface area (TPSA) is 17.1 Å². The Balaban J connectivity index is 1.50. The number of Topliss-reactive ketones (excluding diaryl/α,β-unsaturated/α-hetero) is 1. The van der Waals surface area contributed by atoms with Crippen molar-refractivity contribution in [3.63, 3.8) is 0 Å². The first-order valence-electron chi connectivity index (χ1n) is 12.9. The molecule has 4 aliphatic carbocycles. The van der Waals surface area contributed by atoms with E-state index in [2.05, 4.69) is 66.5 Å². The molecule has 4 aliphatic rings. The van der Waals surface area contributed by atoms with Crippen LogP contribution in [0.15, 0.2) is 0 Å². The highest BCUT2D eigenvalue weighted by Gasteiger charge is 2.62. The second kappa shape index (κ2) is 8.77. The smallest absolute Gasteiger partial charge is 0.160 e. The van der Waals surface area contributed by atoms with Gasteiger partial charge in [0.15, 0.2) is 5.78 Å². The molecule has 0 radical (unpaired) electrons. The first-order chi connectivity index (χ1) is 14.1. The molecule has 3 heteroatoms. The second-order valence-corrected chi connectivity index (χ2v) is 14.7. The average Bonchev–Trinajstić information content (AvgIpc) is 3.03. The number of ketones is 1. The summed E-state index contributed by atoms with van der Waals surface area (Å²) >= 11 is 7.60. The number of carbonyl (C=O) groups is 1. The predicted octanol–water partition coefficient (Wildman–Crippen LogP) is 8.42. The van der Waals surface area contributed by atoms with Crippen LogP contribution >= 0.6 is 31.9 Å². The van der Waals surface area contributed by atoms with Gasteiger partial charge in [0.25, 0.3) is 0 Å². The summed E-state index contributed by atoms with van der Waals surface area (Å²) in [7, 11) is 0. The Bertz CT molecular complexity index is 647. The van der Waals surface area contributed by atoms with Crippen LogP contribution in [-0.2, 0) is 4.79 Å². The molecule has 10 atom stereocenters. The normalized spacial score (nSPS) is 49.5. The quantitative estimate of drug-likeness (QED) is 0.318. The molecule has 0 saturated heterocycles. The van der Waals surface area contributed by atoms with Gasteiger partial charge in [0, 0.05) is 0 Å². The molecule has 172 valence electrons. The first kappa shape index (κ1) is 23.8. The van der Waals surface area contributed by atoms with Crippen molar-refractivity contribution in [3.05, 3.63) is 0 Å². The molecule has 30 heavy (non-hydrogen) atoms. The van der Waals surface area contributed by atoms with E-state index in [4.69, 9.17) is 0 Å². The minimum Gasteiger partial charge on any atom is -0.297 e. The highest BCUT2D eigenvalue weighted by atomic mass is 79.9. The van der Waals surface area contributed by atoms with Crippen molar-refractivity contribution in [2.75, 3.05) is 0 Å². The lowest BCUT2D eigenvalue weighted by Crippen LogP contribution is -2.58. The molecule has 4 rings (SSSR count). The molecule has 4 saturated carbocycles. The number of fused-ring (bicyclic) bond motifs is 5. The van der Waals surface area contributed by atoms with Crippen molar-refractivity contribution in [3.8, 4) is 0 Å². The highest BCUT2D eigenvalue weighted by molar-refractivity contribution is 9.10. The van der Waals surface area contributed by atoms with Gasteiger partial charge in [-0.25, -0.2) is 0 Å². The summed E-state index contributed by atoms with van der Waals surface area (Å²) in [6.45, 7) is 12.5. The Kier molecular flexibility index (Phi) is 6.95. The number of rotatable bonds is 5. The van der Waals surface area contributed by atoms with Crippen LogP contribution in [0.2, 0.25) is 0 Å². The maximum atomic E-state index is 12.7. The van der Waals surface area contributed by atoms with Crippen LogP contribution in [-0.4, -0.2) is 15.4 Å². The molecule has 0 unspecified atom stereocenters. The molecule has 0 amide bonds. The molecular formula is C27H44Br2O. The third-order valence-electron chi connectivity index (χ3n) is 10.7. The number of hydrogen-bond acceptors (Lipinski definition) is 1. The minimum absolute atomic E-state index is 0.0486. The standard InChI is InChI=1S/C27H44Br2O/c1-16(2)7-6-8-17(3)19-11-12-20-18-9-10-22-24(29)25(30)23(28)15-27(22,5)21(18)13-14-26(19,20)4/h16-24H,6-15H2,1-5H3/t17-,18+,19+,20-,21+,22+,23-,24+,26+,27-/m1/s1. The van der Waals surface area contributed by atoms with Gasteiger partial charge in [-0.15, -0.1) is 0 Å². The van der Waals surface area contributed by atoms with E-state index in [-0.39, 0.29) is 9.65 Å². The Labute approximate surface area is 202 Å². The molecule has 0 aliphatic heterocycles. The number of carbonyl (C=O) groups excluding carboxylic acids is 1. The van der Waals surface area contributed by atoms with E-state index in [0.717, 1.165) is 41.9 Å². The van der Waals surface area contributed by atoms with E-state index >= 15 is 0 Å². The largest absolute Gasteiger partial charge is 0.297 e. The van der Waals surface area contributed by atoms with Gasteiger partial charge >= 0.3 is 0 Å².